The summed E-state index contributed by atoms with van der Waals surface area (Å²) in [4.78, 5) is 13.1. The first-order valence-electron chi connectivity index (χ1n) is 9.91. The molecule has 0 radical (unpaired) electrons. The van der Waals surface area contributed by atoms with Gasteiger partial charge in [-0.2, -0.15) is 0 Å². The molecule has 0 saturated heterocycles. The minimum atomic E-state index is -4.39. The van der Waals surface area contributed by atoms with E-state index >= 15 is 0 Å². The third-order valence-electron chi connectivity index (χ3n) is 6.44. The van der Waals surface area contributed by atoms with Crippen LogP contribution < -0.4 is 7.67 Å². The number of nitrogens with one attached hydrogen (secondary N) is 1. The Morgan fingerprint density at radius 2 is 1.70 bits per heavy atom. The van der Waals surface area contributed by atoms with Gasteiger partial charge in [-0.25, -0.2) is 0 Å². The molecule has 1 fully saturated rings. The zero-order chi connectivity index (χ0) is 19.3. The Kier molecular flexibility index (Phi) is 5.14. The molecule has 0 unspecified atom stereocenters. The van der Waals surface area contributed by atoms with Gasteiger partial charge in [0.2, 0.25) is 0 Å². The molecule has 2 aromatic carbocycles. The van der Waals surface area contributed by atoms with Crippen molar-refractivity contribution in [2.75, 3.05) is 0 Å². The molecule has 1 saturated carbocycles. The van der Waals surface area contributed by atoms with Crippen molar-refractivity contribution in [2.24, 2.45) is 5.92 Å². The van der Waals surface area contributed by atoms with Crippen molar-refractivity contribution in [1.29, 1.82) is 0 Å². The van der Waals surface area contributed by atoms with Gasteiger partial charge >= 0.3 is 172 Å². The molecule has 0 atom stereocenters. The molecule has 0 aromatic heterocycles. The normalized spacial score (nSPS) is 18.0. The number of fused-ring (bicyclic) bond motifs is 3. The van der Waals surface area contributed by atoms with Crippen molar-refractivity contribution in [2.45, 2.75) is 45.2 Å². The molecule has 6 heteroatoms. The van der Waals surface area contributed by atoms with Crippen molar-refractivity contribution in [3.63, 3.8) is 0 Å². The van der Waals surface area contributed by atoms with Crippen LogP contribution in [0.5, 0.6) is 0 Å². The first-order valence-corrected chi connectivity index (χ1v) is 21.4. The molecule has 1 amide bonds. The molecule has 0 heterocycles. The molecule has 4 rings (SSSR count). The van der Waals surface area contributed by atoms with Gasteiger partial charge in [-0.1, -0.05) is 0 Å². The van der Waals surface area contributed by atoms with Crippen molar-refractivity contribution >= 4 is 35.0 Å². The van der Waals surface area contributed by atoms with E-state index < -0.39 is 19.4 Å². The second-order valence-corrected chi connectivity index (χ2v) is 35.8. The predicted octanol–water partition coefficient (Wildman–Crippen LogP) is 5.09. The molecule has 0 aliphatic heterocycles. The van der Waals surface area contributed by atoms with E-state index in [-0.39, 0.29) is 11.8 Å². The van der Waals surface area contributed by atoms with E-state index in [0.29, 0.717) is 0 Å². The van der Waals surface area contributed by atoms with Crippen LogP contribution in [0.15, 0.2) is 42.5 Å². The van der Waals surface area contributed by atoms with Crippen LogP contribution >= 0.6 is 18.6 Å². The fraction of sp³-hybridized carbons (Fsp3) is 0.381. The third kappa shape index (κ3) is 3.26. The van der Waals surface area contributed by atoms with E-state index in [9.17, 15) is 4.79 Å². The summed E-state index contributed by atoms with van der Waals surface area (Å²) in [6, 6.07) is 14.8. The fourth-order valence-corrected chi connectivity index (χ4v) is 16.8. The SMILES string of the molecule is C[SiH](C)[Ti]([Cl])([Cl])([NH]C(=O)C1CCCC1)[c]1cccc2c1Cc1ccccc1-2. The Balaban J connectivity index is 1.80. The molecular weight excluding hydrogens is 429 g/mol. The van der Waals surface area contributed by atoms with Gasteiger partial charge in [-0.05, 0) is 0 Å². The maximum absolute atomic E-state index is 13.1. The summed E-state index contributed by atoms with van der Waals surface area (Å²) in [7, 11) is 14.9. The van der Waals surface area contributed by atoms with Crippen molar-refractivity contribution in [3.05, 3.63) is 53.6 Å². The summed E-state index contributed by atoms with van der Waals surface area (Å²) >= 11 is -4.39. The summed E-state index contributed by atoms with van der Waals surface area (Å²) in [5.41, 5.74) is 5.04. The van der Waals surface area contributed by atoms with Crippen LogP contribution in [0.25, 0.3) is 11.1 Å². The van der Waals surface area contributed by atoms with Gasteiger partial charge in [0.1, 0.15) is 0 Å². The monoisotopic (exact) mass is 454 g/mol. The number of halogens is 2. The zero-order valence-electron chi connectivity index (χ0n) is 15.9. The molecular formula is C21H26Cl2NOSiTi. The Hall–Kier alpha value is -0.579. The Morgan fingerprint density at radius 3 is 2.41 bits per heavy atom. The molecule has 2 aromatic rings. The number of benzene rings is 2. The van der Waals surface area contributed by atoms with Gasteiger partial charge in [0, 0.05) is 0 Å². The summed E-state index contributed by atoms with van der Waals surface area (Å²) in [5.74, 6) is 0.163. The van der Waals surface area contributed by atoms with E-state index in [0.717, 1.165) is 36.0 Å². The zero-order valence-corrected chi connectivity index (χ0v) is 20.1. The summed E-state index contributed by atoms with van der Waals surface area (Å²) in [6.07, 6.45) is 5.02. The van der Waals surface area contributed by atoms with Crippen LogP contribution in [0.3, 0.4) is 0 Å². The quantitative estimate of drug-likeness (QED) is 0.546. The molecule has 0 spiro atoms. The number of carbonyl (C=O) groups excluding carboxylic acids is 1. The molecule has 143 valence electrons. The van der Waals surface area contributed by atoms with Crippen LogP contribution in [-0.2, 0) is 23.9 Å². The van der Waals surface area contributed by atoms with Gasteiger partial charge in [-0.3, -0.25) is 0 Å². The van der Waals surface area contributed by atoms with E-state index in [1.807, 2.05) is 0 Å². The maximum atomic E-state index is 13.1. The predicted molar refractivity (Wildman–Crippen MR) is 115 cm³/mol. The molecule has 27 heavy (non-hydrogen) atoms. The molecule has 2 nitrogen and oxygen atoms in total. The van der Waals surface area contributed by atoms with Crippen molar-refractivity contribution in [1.82, 2.24) is 3.80 Å². The topological polar surface area (TPSA) is 29.1 Å². The molecule has 0 bridgehead atoms. The Bertz CT molecular complexity index is 909. The second kappa shape index (κ2) is 7.04. The van der Waals surface area contributed by atoms with Gasteiger partial charge < -0.3 is 0 Å². The number of amides is 1. The van der Waals surface area contributed by atoms with Crippen molar-refractivity contribution in [3.8, 4) is 11.1 Å². The van der Waals surface area contributed by atoms with E-state index in [1.165, 1.54) is 22.3 Å². The number of hydrogen-bond acceptors (Lipinski definition) is 1. The first kappa shape index (κ1) is 19.7. The van der Waals surface area contributed by atoms with Gasteiger partial charge in [0.15, 0.2) is 0 Å². The number of rotatable bonds is 4. The van der Waals surface area contributed by atoms with Crippen LogP contribution in [-0.4, -0.2) is 12.6 Å². The number of hydrogen-bond donors (Lipinski definition) is 1. The summed E-state index contributed by atoms with van der Waals surface area (Å²) in [6.45, 7) is 2.79. The average molecular weight is 455 g/mol. The first-order chi connectivity index (χ1) is 12.8. The second-order valence-electron chi connectivity index (χ2n) is 8.37. The molecule has 1 N–H and O–H groups in total. The summed E-state index contributed by atoms with van der Waals surface area (Å²) < 4.78 is 4.38. The fourth-order valence-electron chi connectivity index (χ4n) is 4.63. The van der Waals surface area contributed by atoms with E-state index in [4.69, 9.17) is 18.6 Å². The summed E-state index contributed by atoms with van der Waals surface area (Å²) in [5, 5.41) is 0. The third-order valence-corrected chi connectivity index (χ3v) is 36.5. The number of carbonyl (C=O) groups is 1. The Labute approximate surface area is 171 Å². The van der Waals surface area contributed by atoms with E-state index in [1.54, 1.807) is 0 Å². The van der Waals surface area contributed by atoms with Crippen molar-refractivity contribution < 1.29 is 17.5 Å². The van der Waals surface area contributed by atoms with Crippen LogP contribution in [0, 0.1) is 5.92 Å². The van der Waals surface area contributed by atoms with Gasteiger partial charge in [-0.15, -0.1) is 0 Å². The van der Waals surface area contributed by atoms with E-state index in [2.05, 4.69) is 59.4 Å². The van der Waals surface area contributed by atoms with Crippen LogP contribution in [0.2, 0.25) is 13.1 Å². The standard InChI is InChI=1S/C13H9.C6H11NO.C2H7Si.2ClH.Ti/c1-3-7-12-10(5-1)9-11-6-2-4-8-13(11)12;7-6(8)5-3-1-2-4-5;1-3-2;;;/h1-5,7-8H,9H2;5H,1-4H2,(H2,7,8);3H,1-2H3;2*1H;/q;;;;;+3/p-3. The molecule has 2 aliphatic carbocycles. The van der Waals surface area contributed by atoms with Crippen LogP contribution in [0.1, 0.15) is 36.8 Å². The minimum absolute atomic E-state index is 0.0761. The van der Waals surface area contributed by atoms with Gasteiger partial charge in [0.05, 0.1) is 0 Å². The Morgan fingerprint density at radius 1 is 1.04 bits per heavy atom. The molecule has 2 aliphatic rings. The van der Waals surface area contributed by atoms with Gasteiger partial charge in [0.25, 0.3) is 0 Å². The average Bonchev–Trinajstić information content (AvgIpc) is 3.29. The van der Waals surface area contributed by atoms with Crippen LogP contribution in [0.4, 0.5) is 0 Å².